The normalized spacial score (nSPS) is 9.33. The maximum absolute atomic E-state index is 4.21. The molecular formula is C13H18N2. The number of rotatable bonds is 1. The minimum absolute atomic E-state index is 1.20. The molecule has 0 saturated carbocycles. The summed E-state index contributed by atoms with van der Waals surface area (Å²) in [6.07, 6.45) is 1.89. The third-order valence-electron chi connectivity index (χ3n) is 2.17. The zero-order valence-corrected chi connectivity index (χ0v) is 9.86. The summed E-state index contributed by atoms with van der Waals surface area (Å²) in [5.41, 5.74) is 3.63. The van der Waals surface area contributed by atoms with Crippen LogP contribution in [0.5, 0.6) is 0 Å². The molecule has 2 heteroatoms. The smallest absolute Gasteiger partial charge is 0.0708 e. The van der Waals surface area contributed by atoms with Crippen LogP contribution < -0.4 is 0 Å². The molecule has 80 valence electrons. The van der Waals surface area contributed by atoms with Gasteiger partial charge >= 0.3 is 0 Å². The van der Waals surface area contributed by atoms with Crippen LogP contribution in [0.2, 0.25) is 0 Å². The zero-order chi connectivity index (χ0) is 11.3. The van der Waals surface area contributed by atoms with E-state index in [1.165, 1.54) is 16.8 Å². The van der Waals surface area contributed by atoms with Crippen molar-refractivity contribution in [1.29, 1.82) is 0 Å². The van der Waals surface area contributed by atoms with Gasteiger partial charge in [-0.3, -0.25) is 4.68 Å². The average Bonchev–Trinajstić information content (AvgIpc) is 2.63. The van der Waals surface area contributed by atoms with Crippen molar-refractivity contribution in [1.82, 2.24) is 9.78 Å². The van der Waals surface area contributed by atoms with Crippen LogP contribution in [0.15, 0.2) is 36.5 Å². The molecule has 0 bridgehead atoms. The van der Waals surface area contributed by atoms with Crippen molar-refractivity contribution in [2.45, 2.75) is 20.8 Å². The van der Waals surface area contributed by atoms with Gasteiger partial charge in [0.1, 0.15) is 0 Å². The lowest BCUT2D eigenvalue weighted by Gasteiger charge is -2.02. The monoisotopic (exact) mass is 202 g/mol. The van der Waals surface area contributed by atoms with Crippen LogP contribution in [0.3, 0.4) is 0 Å². The molecule has 0 amide bonds. The Morgan fingerprint density at radius 1 is 1.07 bits per heavy atom. The van der Waals surface area contributed by atoms with Gasteiger partial charge in [-0.05, 0) is 12.5 Å². The molecule has 2 rings (SSSR count). The van der Waals surface area contributed by atoms with Gasteiger partial charge in [0.2, 0.25) is 0 Å². The maximum Gasteiger partial charge on any atom is 0.0708 e. The van der Waals surface area contributed by atoms with Crippen LogP contribution in [0.25, 0.3) is 11.3 Å². The molecule has 0 atom stereocenters. The van der Waals surface area contributed by atoms with E-state index in [0.29, 0.717) is 0 Å². The fourth-order valence-corrected chi connectivity index (χ4v) is 1.56. The first kappa shape index (κ1) is 11.5. The van der Waals surface area contributed by atoms with Gasteiger partial charge in [-0.1, -0.05) is 44.2 Å². The molecule has 0 radical (unpaired) electrons. The third kappa shape index (κ3) is 2.46. The van der Waals surface area contributed by atoms with Gasteiger partial charge in [0.05, 0.1) is 11.9 Å². The van der Waals surface area contributed by atoms with E-state index in [1.54, 1.807) is 0 Å². The quantitative estimate of drug-likeness (QED) is 0.692. The van der Waals surface area contributed by atoms with Gasteiger partial charge in [-0.15, -0.1) is 0 Å². The molecule has 0 aliphatic heterocycles. The van der Waals surface area contributed by atoms with E-state index in [1.807, 2.05) is 50.0 Å². The Labute approximate surface area is 91.6 Å². The molecule has 0 spiro atoms. The second-order valence-electron chi connectivity index (χ2n) is 3.17. The molecule has 1 aromatic carbocycles. The van der Waals surface area contributed by atoms with Crippen LogP contribution >= 0.6 is 0 Å². The molecule has 1 aromatic heterocycles. The highest BCUT2D eigenvalue weighted by molar-refractivity contribution is 5.62. The number of aromatic nitrogens is 2. The van der Waals surface area contributed by atoms with E-state index >= 15 is 0 Å². The first-order valence-electron chi connectivity index (χ1n) is 5.33. The van der Waals surface area contributed by atoms with Gasteiger partial charge in [0.15, 0.2) is 0 Å². The summed E-state index contributed by atoms with van der Waals surface area (Å²) in [5.74, 6) is 0. The SMILES string of the molecule is CC.Cc1cnn(C)c1-c1ccccc1. The van der Waals surface area contributed by atoms with Crippen LogP contribution in [-0.4, -0.2) is 9.78 Å². The summed E-state index contributed by atoms with van der Waals surface area (Å²) < 4.78 is 1.91. The molecule has 0 fully saturated rings. The van der Waals surface area contributed by atoms with Crippen LogP contribution in [0, 0.1) is 6.92 Å². The van der Waals surface area contributed by atoms with E-state index in [4.69, 9.17) is 0 Å². The molecule has 15 heavy (non-hydrogen) atoms. The predicted molar refractivity (Wildman–Crippen MR) is 64.7 cm³/mol. The highest BCUT2D eigenvalue weighted by Crippen LogP contribution is 2.21. The fourth-order valence-electron chi connectivity index (χ4n) is 1.56. The van der Waals surface area contributed by atoms with Crippen molar-refractivity contribution >= 4 is 0 Å². The molecule has 0 aliphatic rings. The highest BCUT2D eigenvalue weighted by atomic mass is 15.3. The van der Waals surface area contributed by atoms with E-state index in [2.05, 4.69) is 24.2 Å². The Hall–Kier alpha value is -1.57. The number of hydrogen-bond acceptors (Lipinski definition) is 1. The zero-order valence-electron chi connectivity index (χ0n) is 9.86. The topological polar surface area (TPSA) is 17.8 Å². The van der Waals surface area contributed by atoms with Gasteiger partial charge in [0.25, 0.3) is 0 Å². The van der Waals surface area contributed by atoms with E-state index < -0.39 is 0 Å². The fraction of sp³-hybridized carbons (Fsp3) is 0.308. The third-order valence-corrected chi connectivity index (χ3v) is 2.17. The van der Waals surface area contributed by atoms with Gasteiger partial charge < -0.3 is 0 Å². The van der Waals surface area contributed by atoms with Crippen molar-refractivity contribution in [3.63, 3.8) is 0 Å². The summed E-state index contributed by atoms with van der Waals surface area (Å²) in [5, 5.41) is 4.21. The lowest BCUT2D eigenvalue weighted by atomic mass is 10.1. The van der Waals surface area contributed by atoms with Gasteiger partial charge in [-0.25, -0.2) is 0 Å². The predicted octanol–water partition coefficient (Wildman–Crippen LogP) is 3.42. The van der Waals surface area contributed by atoms with Gasteiger partial charge in [0, 0.05) is 12.6 Å². The van der Waals surface area contributed by atoms with Gasteiger partial charge in [-0.2, -0.15) is 5.10 Å². The first-order valence-corrected chi connectivity index (χ1v) is 5.33. The lowest BCUT2D eigenvalue weighted by molar-refractivity contribution is 0.775. The summed E-state index contributed by atoms with van der Waals surface area (Å²) in [4.78, 5) is 0. The second kappa shape index (κ2) is 5.35. The molecule has 0 aliphatic carbocycles. The summed E-state index contributed by atoms with van der Waals surface area (Å²) in [7, 11) is 1.97. The molecule has 2 aromatic rings. The Morgan fingerprint density at radius 2 is 1.67 bits per heavy atom. The molecule has 1 heterocycles. The Kier molecular flexibility index (Phi) is 4.10. The van der Waals surface area contributed by atoms with E-state index in [9.17, 15) is 0 Å². The minimum Gasteiger partial charge on any atom is -0.268 e. The molecular weight excluding hydrogens is 184 g/mol. The largest absolute Gasteiger partial charge is 0.268 e. The molecule has 0 saturated heterocycles. The number of aryl methyl sites for hydroxylation is 2. The Morgan fingerprint density at radius 3 is 2.13 bits per heavy atom. The highest BCUT2D eigenvalue weighted by Gasteiger charge is 2.05. The van der Waals surface area contributed by atoms with E-state index in [0.717, 1.165) is 0 Å². The summed E-state index contributed by atoms with van der Waals surface area (Å²) >= 11 is 0. The minimum atomic E-state index is 1.20. The maximum atomic E-state index is 4.21. The standard InChI is InChI=1S/C11H12N2.C2H6/c1-9-8-12-13(2)11(9)10-6-4-3-5-7-10;1-2/h3-8H,1-2H3;1-2H3. The number of nitrogens with zero attached hydrogens (tertiary/aromatic N) is 2. The van der Waals surface area contributed by atoms with Crippen molar-refractivity contribution in [3.8, 4) is 11.3 Å². The van der Waals surface area contributed by atoms with E-state index in [-0.39, 0.29) is 0 Å². The second-order valence-corrected chi connectivity index (χ2v) is 3.17. The molecule has 2 nitrogen and oxygen atoms in total. The summed E-state index contributed by atoms with van der Waals surface area (Å²) in [6, 6.07) is 10.3. The number of hydrogen-bond donors (Lipinski definition) is 0. The summed E-state index contributed by atoms with van der Waals surface area (Å²) in [6.45, 7) is 6.08. The Balaban J connectivity index is 0.000000531. The van der Waals surface area contributed by atoms with Crippen LogP contribution in [0.4, 0.5) is 0 Å². The first-order chi connectivity index (χ1) is 7.29. The van der Waals surface area contributed by atoms with Crippen LogP contribution in [-0.2, 0) is 7.05 Å². The van der Waals surface area contributed by atoms with Crippen molar-refractivity contribution in [3.05, 3.63) is 42.1 Å². The lowest BCUT2D eigenvalue weighted by Crippen LogP contribution is -1.93. The van der Waals surface area contributed by atoms with Crippen molar-refractivity contribution in [2.24, 2.45) is 7.05 Å². The van der Waals surface area contributed by atoms with Crippen molar-refractivity contribution in [2.75, 3.05) is 0 Å². The number of benzene rings is 1. The average molecular weight is 202 g/mol. The Bertz CT molecular complexity index is 382. The molecule has 0 unspecified atom stereocenters. The van der Waals surface area contributed by atoms with Crippen molar-refractivity contribution < 1.29 is 0 Å². The molecule has 0 N–H and O–H groups in total. The van der Waals surface area contributed by atoms with Crippen LogP contribution in [0.1, 0.15) is 19.4 Å².